The van der Waals surface area contributed by atoms with Crippen molar-refractivity contribution in [3.05, 3.63) is 59.7 Å². The monoisotopic (exact) mass is 291 g/mol. The van der Waals surface area contributed by atoms with Gasteiger partial charge in [-0.3, -0.25) is 0 Å². The fraction of sp³-hybridized carbons (Fsp3) is 0.222. The first kappa shape index (κ1) is 15.4. The molecular weight excluding hydrogens is 274 g/mol. The van der Waals surface area contributed by atoms with Gasteiger partial charge in [0.15, 0.2) is 6.10 Å². The summed E-state index contributed by atoms with van der Waals surface area (Å²) < 4.78 is 5.61. The summed E-state index contributed by atoms with van der Waals surface area (Å²) in [6.45, 7) is 2.57. The van der Waals surface area contributed by atoms with E-state index in [1.165, 1.54) is 0 Å². The molecule has 0 aliphatic rings. The Labute approximate surface area is 130 Å². The smallest absolute Gasteiger partial charge is 0.184 e. The van der Waals surface area contributed by atoms with Crippen molar-refractivity contribution in [1.82, 2.24) is 0 Å². The van der Waals surface area contributed by atoms with Crippen LogP contribution >= 0.6 is 0 Å². The summed E-state index contributed by atoms with van der Waals surface area (Å²) in [5, 5.41) is 21.0. The van der Waals surface area contributed by atoms with Crippen molar-refractivity contribution in [3.8, 4) is 17.9 Å². The second kappa shape index (κ2) is 7.71. The zero-order chi connectivity index (χ0) is 15.8. The molecule has 2 aromatic carbocycles. The van der Waals surface area contributed by atoms with Crippen LogP contribution in [0.3, 0.4) is 0 Å². The summed E-state index contributed by atoms with van der Waals surface area (Å²) >= 11 is 0. The highest BCUT2D eigenvalue weighted by Crippen LogP contribution is 2.17. The number of nitrogens with one attached hydrogen (secondary N) is 1. The van der Waals surface area contributed by atoms with Gasteiger partial charge in [-0.2, -0.15) is 10.5 Å². The van der Waals surface area contributed by atoms with Crippen molar-refractivity contribution in [1.29, 1.82) is 10.5 Å². The van der Waals surface area contributed by atoms with Crippen LogP contribution in [0.25, 0.3) is 0 Å². The van der Waals surface area contributed by atoms with E-state index in [0.29, 0.717) is 24.3 Å². The molecule has 0 amide bonds. The molecular formula is C18H17N3O. The van der Waals surface area contributed by atoms with Gasteiger partial charge in [0.2, 0.25) is 0 Å². The molecule has 0 aliphatic heterocycles. The number of nitriles is 2. The van der Waals surface area contributed by atoms with E-state index in [9.17, 15) is 0 Å². The summed E-state index contributed by atoms with van der Waals surface area (Å²) in [7, 11) is 0. The largest absolute Gasteiger partial charge is 0.476 e. The Kier molecular flexibility index (Phi) is 5.40. The number of hydrogen-bond donors (Lipinski definition) is 1. The standard InChI is InChI=1S/C18H17N3O/c1-2-17(12-20)22-18-5-3-4-15(10-18)13-21-16-8-6-14(11-19)7-9-16/h3-10,17,21H,2,13H2,1H3. The number of nitrogens with zero attached hydrogens (tertiary/aromatic N) is 2. The summed E-state index contributed by atoms with van der Waals surface area (Å²) in [5.74, 6) is 0.701. The zero-order valence-corrected chi connectivity index (χ0v) is 12.4. The van der Waals surface area contributed by atoms with Crippen molar-refractivity contribution < 1.29 is 4.74 Å². The van der Waals surface area contributed by atoms with E-state index in [0.717, 1.165) is 11.3 Å². The molecule has 2 aromatic rings. The number of anilines is 1. The third-order valence-corrected chi connectivity index (χ3v) is 3.20. The van der Waals surface area contributed by atoms with Gasteiger partial charge in [0.25, 0.3) is 0 Å². The lowest BCUT2D eigenvalue weighted by atomic mass is 10.2. The van der Waals surface area contributed by atoms with E-state index in [4.69, 9.17) is 15.3 Å². The van der Waals surface area contributed by atoms with Crippen molar-refractivity contribution in [2.75, 3.05) is 5.32 Å². The van der Waals surface area contributed by atoms with Crippen LogP contribution < -0.4 is 10.1 Å². The van der Waals surface area contributed by atoms with Gasteiger partial charge in [-0.15, -0.1) is 0 Å². The Morgan fingerprint density at radius 2 is 1.91 bits per heavy atom. The SMILES string of the molecule is CCC(C#N)Oc1cccc(CNc2ccc(C#N)cc2)c1. The Morgan fingerprint density at radius 3 is 2.55 bits per heavy atom. The first-order valence-corrected chi connectivity index (χ1v) is 7.14. The number of ether oxygens (including phenoxy) is 1. The zero-order valence-electron chi connectivity index (χ0n) is 12.4. The molecule has 1 atom stereocenters. The normalized spacial score (nSPS) is 11.0. The average Bonchev–Trinajstić information content (AvgIpc) is 2.58. The third kappa shape index (κ3) is 4.26. The molecule has 0 aromatic heterocycles. The summed E-state index contributed by atoms with van der Waals surface area (Å²) in [6, 6.07) is 19.2. The van der Waals surface area contributed by atoms with Gasteiger partial charge in [0, 0.05) is 12.2 Å². The van der Waals surface area contributed by atoms with Gasteiger partial charge >= 0.3 is 0 Å². The molecule has 1 N–H and O–H groups in total. The predicted octanol–water partition coefficient (Wildman–Crippen LogP) is 3.85. The lowest BCUT2D eigenvalue weighted by molar-refractivity contribution is 0.251. The lowest BCUT2D eigenvalue weighted by Gasteiger charge is -2.12. The summed E-state index contributed by atoms with van der Waals surface area (Å²) in [6.07, 6.45) is 0.242. The molecule has 0 heterocycles. The minimum Gasteiger partial charge on any atom is -0.476 e. The molecule has 1 unspecified atom stereocenters. The number of rotatable bonds is 6. The second-order valence-electron chi connectivity index (χ2n) is 4.83. The van der Waals surface area contributed by atoms with E-state index >= 15 is 0 Å². The second-order valence-corrected chi connectivity index (χ2v) is 4.83. The van der Waals surface area contributed by atoms with Crippen LogP contribution in [0.15, 0.2) is 48.5 Å². The van der Waals surface area contributed by atoms with E-state index in [2.05, 4.69) is 17.5 Å². The molecule has 0 radical (unpaired) electrons. The minimum absolute atomic E-state index is 0.415. The molecule has 0 saturated heterocycles. The van der Waals surface area contributed by atoms with Crippen molar-refractivity contribution in [2.24, 2.45) is 0 Å². The van der Waals surface area contributed by atoms with Crippen LogP contribution in [0.1, 0.15) is 24.5 Å². The topological polar surface area (TPSA) is 68.8 Å². The molecule has 0 aliphatic carbocycles. The maximum absolute atomic E-state index is 8.94. The average molecular weight is 291 g/mol. The first-order valence-electron chi connectivity index (χ1n) is 7.14. The van der Waals surface area contributed by atoms with Gasteiger partial charge in [-0.05, 0) is 48.4 Å². The minimum atomic E-state index is -0.415. The van der Waals surface area contributed by atoms with Crippen molar-refractivity contribution in [2.45, 2.75) is 26.0 Å². The van der Waals surface area contributed by atoms with E-state index in [1.54, 1.807) is 12.1 Å². The van der Waals surface area contributed by atoms with Gasteiger partial charge in [0.1, 0.15) is 11.8 Å². The fourth-order valence-electron chi connectivity index (χ4n) is 1.96. The maximum Gasteiger partial charge on any atom is 0.184 e. The summed E-state index contributed by atoms with van der Waals surface area (Å²) in [4.78, 5) is 0. The molecule has 2 rings (SSSR count). The van der Waals surface area contributed by atoms with Crippen LogP contribution in [0.4, 0.5) is 5.69 Å². The quantitative estimate of drug-likeness (QED) is 0.877. The molecule has 0 fully saturated rings. The maximum atomic E-state index is 8.94. The lowest BCUT2D eigenvalue weighted by Crippen LogP contribution is -2.12. The third-order valence-electron chi connectivity index (χ3n) is 3.20. The molecule has 0 saturated carbocycles. The Hall–Kier alpha value is -2.98. The highest BCUT2D eigenvalue weighted by molar-refractivity contribution is 5.47. The van der Waals surface area contributed by atoms with Gasteiger partial charge in [-0.25, -0.2) is 0 Å². The highest BCUT2D eigenvalue weighted by Gasteiger charge is 2.06. The molecule has 0 bridgehead atoms. The van der Waals surface area contributed by atoms with Crippen LogP contribution in [0.5, 0.6) is 5.75 Å². The Balaban J connectivity index is 1.98. The highest BCUT2D eigenvalue weighted by atomic mass is 16.5. The van der Waals surface area contributed by atoms with Crippen molar-refractivity contribution in [3.63, 3.8) is 0 Å². The first-order chi connectivity index (χ1) is 10.7. The molecule has 0 spiro atoms. The molecule has 110 valence electrons. The van der Waals surface area contributed by atoms with Crippen LogP contribution in [0.2, 0.25) is 0 Å². The Bertz CT molecular complexity index is 696. The summed E-state index contributed by atoms with van der Waals surface area (Å²) in [5.41, 5.74) is 2.66. The van der Waals surface area contributed by atoms with Gasteiger partial charge < -0.3 is 10.1 Å². The van der Waals surface area contributed by atoms with Gasteiger partial charge in [0.05, 0.1) is 11.6 Å². The predicted molar refractivity (Wildman–Crippen MR) is 85.2 cm³/mol. The van der Waals surface area contributed by atoms with E-state index in [1.807, 2.05) is 43.3 Å². The van der Waals surface area contributed by atoms with Crippen LogP contribution in [-0.2, 0) is 6.54 Å². The van der Waals surface area contributed by atoms with Crippen LogP contribution in [0, 0.1) is 22.7 Å². The molecule has 22 heavy (non-hydrogen) atoms. The van der Waals surface area contributed by atoms with Gasteiger partial charge in [-0.1, -0.05) is 19.1 Å². The van der Waals surface area contributed by atoms with Crippen LogP contribution in [-0.4, -0.2) is 6.10 Å². The number of hydrogen-bond acceptors (Lipinski definition) is 4. The fourth-order valence-corrected chi connectivity index (χ4v) is 1.96. The Morgan fingerprint density at radius 1 is 1.14 bits per heavy atom. The molecule has 4 nitrogen and oxygen atoms in total. The van der Waals surface area contributed by atoms with Crippen molar-refractivity contribution >= 4 is 5.69 Å². The molecule has 4 heteroatoms. The number of benzene rings is 2. The van der Waals surface area contributed by atoms with E-state index in [-0.39, 0.29) is 0 Å². The van der Waals surface area contributed by atoms with E-state index < -0.39 is 6.10 Å².